The molecule has 6 rings (SSSR count). The van der Waals surface area contributed by atoms with Gasteiger partial charge in [-0.2, -0.15) is 0 Å². The summed E-state index contributed by atoms with van der Waals surface area (Å²) in [6.45, 7) is 8.32. The van der Waals surface area contributed by atoms with Gasteiger partial charge in [0, 0.05) is 37.5 Å². The van der Waals surface area contributed by atoms with E-state index in [0.717, 1.165) is 37.9 Å². The molecule has 1 unspecified atom stereocenters. The van der Waals surface area contributed by atoms with E-state index in [-0.39, 0.29) is 34.7 Å². The van der Waals surface area contributed by atoms with Gasteiger partial charge >= 0.3 is 0 Å². The lowest BCUT2D eigenvalue weighted by Crippen LogP contribution is -2.51. The minimum Gasteiger partial charge on any atom is -0.372 e. The van der Waals surface area contributed by atoms with Gasteiger partial charge in [-0.05, 0) is 110 Å². The van der Waals surface area contributed by atoms with E-state index in [4.69, 9.17) is 0 Å². The Balaban J connectivity index is 1.49. The molecule has 5 aliphatic rings. The number of nitrogens with zero attached hydrogens (tertiary/aromatic N) is 1. The summed E-state index contributed by atoms with van der Waals surface area (Å²) in [4.78, 5) is 28.5. The van der Waals surface area contributed by atoms with Crippen molar-refractivity contribution in [2.24, 2.45) is 22.7 Å². The zero-order chi connectivity index (χ0) is 27.4. The molecule has 0 spiro atoms. The topological polar surface area (TPSA) is 37.4 Å². The zero-order valence-electron chi connectivity index (χ0n) is 23.8. The molecule has 0 radical (unpaired) electrons. The van der Waals surface area contributed by atoms with Gasteiger partial charge < -0.3 is 4.90 Å². The first-order valence-electron chi connectivity index (χ1n) is 15.3. The summed E-state index contributed by atoms with van der Waals surface area (Å²) in [5.41, 5.74) is 4.64. The lowest BCUT2D eigenvalue weighted by Gasteiger charge is -2.55. The Hall–Kier alpha value is -2.67. The third kappa shape index (κ3) is 4.06. The standard InChI is InChI=1S/C35H42FNO2/c1-4-16-35(32(39)5-2)17-15-30-28-21-31(36)27-20-25(38)13-14-26(27)33(28)29(22-34(30,35)3)23-9-11-24(12-10-23)37-18-7-6-8-19-37/h9-12,20,28-31H,5-8,13-15,17-19,21-22H2,1-3H3/t28-,29+,30-,31?,34-,35+/m0/s1. The van der Waals surface area contributed by atoms with Gasteiger partial charge in [0.05, 0.1) is 5.41 Å². The molecule has 4 heteroatoms. The minimum absolute atomic E-state index is 0.0465. The number of benzene rings is 1. The lowest BCUT2D eigenvalue weighted by atomic mass is 9.48. The smallest absolute Gasteiger partial charge is 0.156 e. The van der Waals surface area contributed by atoms with Crippen molar-refractivity contribution in [3.63, 3.8) is 0 Å². The second-order valence-corrected chi connectivity index (χ2v) is 12.8. The number of anilines is 1. The highest BCUT2D eigenvalue weighted by molar-refractivity contribution is 5.93. The van der Waals surface area contributed by atoms with Crippen LogP contribution in [-0.4, -0.2) is 30.8 Å². The van der Waals surface area contributed by atoms with Gasteiger partial charge in [0.2, 0.25) is 0 Å². The van der Waals surface area contributed by atoms with Gasteiger partial charge in [-0.15, -0.1) is 5.92 Å². The SMILES string of the molecule is CC#C[C@]1(C(=O)CC)CC[C@H]2[C@@H]3CC(F)C4=CC(=O)CCC4=C3[C@@H](c3ccc(N4CCCCC4)cc3)C[C@@]21C. The molecule has 0 amide bonds. The van der Waals surface area contributed by atoms with Gasteiger partial charge in [-0.3, -0.25) is 9.59 Å². The van der Waals surface area contributed by atoms with E-state index >= 15 is 4.39 Å². The van der Waals surface area contributed by atoms with Crippen LogP contribution >= 0.6 is 0 Å². The van der Waals surface area contributed by atoms with Crippen molar-refractivity contribution in [3.8, 4) is 11.8 Å². The Bertz CT molecular complexity index is 1290. The van der Waals surface area contributed by atoms with Crippen LogP contribution in [0.1, 0.15) is 96.5 Å². The van der Waals surface area contributed by atoms with Crippen LogP contribution in [0.4, 0.5) is 10.1 Å². The van der Waals surface area contributed by atoms with Gasteiger partial charge in [0.15, 0.2) is 11.6 Å². The maximum absolute atomic E-state index is 15.8. The third-order valence-electron chi connectivity index (χ3n) is 11.1. The molecular formula is C35H42FNO2. The second-order valence-electron chi connectivity index (χ2n) is 12.8. The first-order valence-corrected chi connectivity index (χ1v) is 15.3. The molecule has 2 saturated carbocycles. The lowest BCUT2D eigenvalue weighted by molar-refractivity contribution is -0.132. The number of hydrogen-bond donors (Lipinski definition) is 0. The molecule has 1 aliphatic heterocycles. The van der Waals surface area contributed by atoms with Gasteiger partial charge in [-0.25, -0.2) is 4.39 Å². The van der Waals surface area contributed by atoms with Crippen LogP contribution in [0.3, 0.4) is 0 Å². The van der Waals surface area contributed by atoms with Crippen LogP contribution in [0.15, 0.2) is 47.1 Å². The van der Waals surface area contributed by atoms with Gasteiger partial charge in [-0.1, -0.05) is 37.5 Å². The molecule has 6 atom stereocenters. The predicted molar refractivity (Wildman–Crippen MR) is 154 cm³/mol. The van der Waals surface area contributed by atoms with Crippen LogP contribution in [0.2, 0.25) is 0 Å². The molecule has 0 N–H and O–H groups in total. The Kier molecular flexibility index (Phi) is 6.85. The monoisotopic (exact) mass is 527 g/mol. The Labute approximate surface area is 233 Å². The van der Waals surface area contributed by atoms with Crippen LogP contribution in [0, 0.1) is 34.5 Å². The molecule has 3 nitrogen and oxygen atoms in total. The first-order chi connectivity index (χ1) is 18.8. The molecule has 206 valence electrons. The summed E-state index contributed by atoms with van der Waals surface area (Å²) in [6, 6.07) is 9.10. The fourth-order valence-electron chi connectivity index (χ4n) is 9.28. The van der Waals surface area contributed by atoms with Crippen LogP contribution in [-0.2, 0) is 9.59 Å². The van der Waals surface area contributed by atoms with E-state index in [2.05, 4.69) is 47.9 Å². The van der Waals surface area contributed by atoms with Crippen LogP contribution in [0.25, 0.3) is 0 Å². The fraction of sp³-hybridized carbons (Fsp3) is 0.600. The average molecular weight is 528 g/mol. The van der Waals surface area contributed by atoms with E-state index in [1.807, 2.05) is 13.8 Å². The van der Waals surface area contributed by atoms with E-state index < -0.39 is 11.6 Å². The number of piperidine rings is 1. The average Bonchev–Trinajstić information content (AvgIpc) is 3.26. The summed E-state index contributed by atoms with van der Waals surface area (Å²) < 4.78 is 15.8. The van der Waals surface area contributed by atoms with Crippen molar-refractivity contribution >= 4 is 17.3 Å². The molecule has 4 aliphatic carbocycles. The number of carbonyl (C=O) groups excluding carboxylic acids is 2. The maximum atomic E-state index is 15.8. The molecule has 3 fully saturated rings. The maximum Gasteiger partial charge on any atom is 0.156 e. The number of Topliss-reactive ketones (excluding diaryl/α,β-unsaturated/α-hetero) is 1. The number of carbonyl (C=O) groups is 2. The zero-order valence-corrected chi connectivity index (χ0v) is 23.8. The second kappa shape index (κ2) is 10.1. The highest BCUT2D eigenvalue weighted by Gasteiger charge is 2.65. The van der Waals surface area contributed by atoms with Crippen molar-refractivity contribution < 1.29 is 14.0 Å². The van der Waals surface area contributed by atoms with E-state index in [0.29, 0.717) is 31.3 Å². The van der Waals surface area contributed by atoms with Crippen LogP contribution < -0.4 is 4.90 Å². The first kappa shape index (κ1) is 26.5. The molecule has 39 heavy (non-hydrogen) atoms. The third-order valence-corrected chi connectivity index (χ3v) is 11.1. The quantitative estimate of drug-likeness (QED) is 0.380. The number of ketones is 2. The Morgan fingerprint density at radius 2 is 1.87 bits per heavy atom. The number of allylic oxidation sites excluding steroid dienone is 4. The van der Waals surface area contributed by atoms with Gasteiger partial charge in [0.1, 0.15) is 6.17 Å². The molecule has 1 saturated heterocycles. The van der Waals surface area contributed by atoms with Gasteiger partial charge in [0.25, 0.3) is 0 Å². The van der Waals surface area contributed by atoms with Crippen molar-refractivity contribution in [1.29, 1.82) is 0 Å². The minimum atomic E-state index is -1.11. The molecule has 1 aromatic rings. The number of rotatable bonds is 4. The molecule has 0 aromatic heterocycles. The Morgan fingerprint density at radius 1 is 1.13 bits per heavy atom. The summed E-state index contributed by atoms with van der Waals surface area (Å²) in [6.07, 6.45) is 8.77. The molecule has 1 heterocycles. The fourth-order valence-corrected chi connectivity index (χ4v) is 9.28. The van der Waals surface area contributed by atoms with Crippen molar-refractivity contribution in [2.75, 3.05) is 18.0 Å². The van der Waals surface area contributed by atoms with E-state index in [9.17, 15) is 9.59 Å². The molecular weight excluding hydrogens is 485 g/mol. The highest BCUT2D eigenvalue weighted by Crippen LogP contribution is 2.70. The van der Waals surface area contributed by atoms with Crippen molar-refractivity contribution in [2.45, 2.75) is 97.1 Å². The van der Waals surface area contributed by atoms with E-state index in [1.165, 1.54) is 36.1 Å². The van der Waals surface area contributed by atoms with Crippen molar-refractivity contribution in [1.82, 2.24) is 0 Å². The highest BCUT2D eigenvalue weighted by atomic mass is 19.1. The number of fused-ring (bicyclic) bond motifs is 4. The number of alkyl halides is 1. The Morgan fingerprint density at radius 3 is 2.56 bits per heavy atom. The molecule has 0 bridgehead atoms. The van der Waals surface area contributed by atoms with E-state index in [1.54, 1.807) is 6.08 Å². The normalized spacial score (nSPS) is 35.8. The largest absolute Gasteiger partial charge is 0.372 e. The van der Waals surface area contributed by atoms with Crippen molar-refractivity contribution in [3.05, 3.63) is 52.6 Å². The summed E-state index contributed by atoms with van der Waals surface area (Å²) in [5, 5.41) is 0. The number of hydrogen-bond acceptors (Lipinski definition) is 3. The molecule has 1 aromatic carbocycles. The summed E-state index contributed by atoms with van der Waals surface area (Å²) in [5.74, 6) is 7.31. The summed E-state index contributed by atoms with van der Waals surface area (Å²) >= 11 is 0. The number of halogens is 1. The summed E-state index contributed by atoms with van der Waals surface area (Å²) in [7, 11) is 0. The predicted octanol–water partition coefficient (Wildman–Crippen LogP) is 7.51. The van der Waals surface area contributed by atoms with Crippen LogP contribution in [0.5, 0.6) is 0 Å².